The molecule has 1 aromatic heterocycles. The first-order chi connectivity index (χ1) is 8.61. The molecule has 18 heavy (non-hydrogen) atoms. The molecule has 0 aliphatic carbocycles. The number of nitrogens with zero attached hydrogens (tertiary/aromatic N) is 1. The highest BCUT2D eigenvalue weighted by atomic mass is 16.6. The fourth-order valence-corrected chi connectivity index (χ4v) is 1.45. The van der Waals surface area contributed by atoms with Crippen LogP contribution in [0.25, 0.3) is 11.0 Å². The summed E-state index contributed by atoms with van der Waals surface area (Å²) in [6.45, 7) is 1.43. The minimum absolute atomic E-state index is 0.208. The Hall–Kier alpha value is -2.61. The predicted molar refractivity (Wildman–Crippen MR) is 63.0 cm³/mol. The number of hydrogen-bond acceptors (Lipinski definition) is 5. The van der Waals surface area contributed by atoms with Gasteiger partial charge in [0.25, 0.3) is 0 Å². The molecule has 2 aromatic rings. The molecule has 2 rings (SSSR count). The van der Waals surface area contributed by atoms with Crippen LogP contribution in [-0.4, -0.2) is 12.1 Å². The average Bonchev–Trinajstić information content (AvgIpc) is 2.38. The van der Waals surface area contributed by atoms with Gasteiger partial charge in [-0.25, -0.2) is 4.79 Å². The summed E-state index contributed by atoms with van der Waals surface area (Å²) in [6, 6.07) is 9.40. The van der Waals surface area contributed by atoms with Crippen LogP contribution in [0.15, 0.2) is 39.5 Å². The SMILES string of the molecule is C[C@H](C#N)OC(=O)c1cc(=O)c2ccccc2o1. The van der Waals surface area contributed by atoms with E-state index in [0.29, 0.717) is 11.0 Å². The molecule has 0 aliphatic heterocycles. The standard InChI is InChI=1S/C13H9NO4/c1-8(7-14)17-13(16)12-6-10(15)9-4-2-3-5-11(9)18-12/h2-6,8H,1H3/t8-/m1/s1. The molecular weight excluding hydrogens is 234 g/mol. The van der Waals surface area contributed by atoms with Crippen molar-refractivity contribution in [2.75, 3.05) is 0 Å². The van der Waals surface area contributed by atoms with E-state index in [-0.39, 0.29) is 11.2 Å². The van der Waals surface area contributed by atoms with Crippen LogP contribution >= 0.6 is 0 Å². The van der Waals surface area contributed by atoms with Crippen LogP contribution in [0.1, 0.15) is 17.5 Å². The predicted octanol–water partition coefficient (Wildman–Crippen LogP) is 1.86. The summed E-state index contributed by atoms with van der Waals surface area (Å²) in [6.07, 6.45) is -0.894. The van der Waals surface area contributed by atoms with E-state index < -0.39 is 12.1 Å². The molecule has 0 bridgehead atoms. The molecular formula is C13H9NO4. The van der Waals surface area contributed by atoms with E-state index in [2.05, 4.69) is 0 Å². The molecule has 1 aromatic carbocycles. The van der Waals surface area contributed by atoms with Crippen molar-refractivity contribution in [2.24, 2.45) is 0 Å². The zero-order valence-electron chi connectivity index (χ0n) is 9.54. The van der Waals surface area contributed by atoms with E-state index in [4.69, 9.17) is 14.4 Å². The van der Waals surface area contributed by atoms with Crippen molar-refractivity contribution in [1.29, 1.82) is 5.26 Å². The lowest BCUT2D eigenvalue weighted by molar-refractivity contribution is 0.0399. The van der Waals surface area contributed by atoms with E-state index in [0.717, 1.165) is 6.07 Å². The molecule has 0 unspecified atom stereocenters. The molecule has 0 saturated heterocycles. The minimum Gasteiger partial charge on any atom is -0.449 e. The Morgan fingerprint density at radius 1 is 1.44 bits per heavy atom. The van der Waals surface area contributed by atoms with Gasteiger partial charge in [-0.05, 0) is 19.1 Å². The second kappa shape index (κ2) is 4.72. The fourth-order valence-electron chi connectivity index (χ4n) is 1.45. The molecule has 0 radical (unpaired) electrons. The molecule has 0 spiro atoms. The van der Waals surface area contributed by atoms with Gasteiger partial charge in [0.2, 0.25) is 5.76 Å². The van der Waals surface area contributed by atoms with Crippen molar-refractivity contribution in [3.8, 4) is 6.07 Å². The Morgan fingerprint density at radius 2 is 2.17 bits per heavy atom. The maximum atomic E-state index is 11.7. The van der Waals surface area contributed by atoms with Crippen molar-refractivity contribution in [3.05, 3.63) is 46.3 Å². The summed E-state index contributed by atoms with van der Waals surface area (Å²) in [4.78, 5) is 23.3. The monoisotopic (exact) mass is 243 g/mol. The van der Waals surface area contributed by atoms with Gasteiger partial charge in [0.1, 0.15) is 11.7 Å². The number of para-hydroxylation sites is 1. The third kappa shape index (κ3) is 2.23. The van der Waals surface area contributed by atoms with E-state index in [1.807, 2.05) is 0 Å². The molecule has 0 N–H and O–H groups in total. The third-order valence-corrected chi connectivity index (χ3v) is 2.30. The van der Waals surface area contributed by atoms with E-state index in [1.54, 1.807) is 30.3 Å². The van der Waals surface area contributed by atoms with Gasteiger partial charge in [-0.15, -0.1) is 0 Å². The molecule has 0 aliphatic rings. The number of nitriles is 1. The Balaban J connectivity index is 2.44. The lowest BCUT2D eigenvalue weighted by Gasteiger charge is -2.05. The van der Waals surface area contributed by atoms with Gasteiger partial charge in [-0.2, -0.15) is 5.26 Å². The van der Waals surface area contributed by atoms with Crippen molar-refractivity contribution in [2.45, 2.75) is 13.0 Å². The highest BCUT2D eigenvalue weighted by Gasteiger charge is 2.16. The van der Waals surface area contributed by atoms with E-state index in [9.17, 15) is 9.59 Å². The fraction of sp³-hybridized carbons (Fsp3) is 0.154. The van der Waals surface area contributed by atoms with Gasteiger partial charge in [0.15, 0.2) is 11.5 Å². The summed E-state index contributed by atoms with van der Waals surface area (Å²) in [7, 11) is 0. The second-order valence-electron chi connectivity index (χ2n) is 3.65. The lowest BCUT2D eigenvalue weighted by atomic mass is 10.2. The maximum Gasteiger partial charge on any atom is 0.375 e. The third-order valence-electron chi connectivity index (χ3n) is 2.30. The molecule has 0 saturated carbocycles. The topological polar surface area (TPSA) is 80.3 Å². The van der Waals surface area contributed by atoms with Gasteiger partial charge in [0.05, 0.1) is 5.39 Å². The number of hydrogen-bond donors (Lipinski definition) is 0. The zero-order valence-corrected chi connectivity index (χ0v) is 9.54. The Morgan fingerprint density at radius 3 is 2.89 bits per heavy atom. The Bertz CT molecular complexity index is 696. The molecule has 5 heteroatoms. The highest BCUT2D eigenvalue weighted by Crippen LogP contribution is 2.12. The summed E-state index contributed by atoms with van der Waals surface area (Å²) in [5, 5.41) is 8.93. The molecule has 0 amide bonds. The minimum atomic E-state index is -0.894. The van der Waals surface area contributed by atoms with Crippen molar-refractivity contribution in [1.82, 2.24) is 0 Å². The van der Waals surface area contributed by atoms with Crippen molar-refractivity contribution in [3.63, 3.8) is 0 Å². The molecule has 90 valence electrons. The van der Waals surface area contributed by atoms with Crippen LogP contribution in [-0.2, 0) is 4.74 Å². The first-order valence-corrected chi connectivity index (χ1v) is 5.25. The van der Waals surface area contributed by atoms with Crippen molar-refractivity contribution >= 4 is 16.9 Å². The van der Waals surface area contributed by atoms with Crippen LogP contribution in [0.2, 0.25) is 0 Å². The number of carbonyl (C=O) groups is 1. The second-order valence-corrected chi connectivity index (χ2v) is 3.65. The van der Waals surface area contributed by atoms with Gasteiger partial charge in [-0.1, -0.05) is 12.1 Å². The van der Waals surface area contributed by atoms with Crippen LogP contribution < -0.4 is 5.43 Å². The zero-order chi connectivity index (χ0) is 13.1. The molecule has 0 fully saturated rings. The van der Waals surface area contributed by atoms with Crippen LogP contribution in [0.3, 0.4) is 0 Å². The highest BCUT2D eigenvalue weighted by molar-refractivity contribution is 5.89. The molecule has 1 atom stereocenters. The summed E-state index contributed by atoms with van der Waals surface area (Å²) in [5.74, 6) is -1.03. The van der Waals surface area contributed by atoms with E-state index in [1.165, 1.54) is 6.92 Å². The van der Waals surface area contributed by atoms with Gasteiger partial charge in [0, 0.05) is 6.07 Å². The number of esters is 1. The van der Waals surface area contributed by atoms with Crippen LogP contribution in [0.4, 0.5) is 0 Å². The van der Waals surface area contributed by atoms with Crippen molar-refractivity contribution < 1.29 is 13.9 Å². The van der Waals surface area contributed by atoms with Gasteiger partial charge in [-0.3, -0.25) is 4.79 Å². The van der Waals surface area contributed by atoms with Gasteiger partial charge < -0.3 is 9.15 Å². The summed E-state index contributed by atoms with van der Waals surface area (Å²) in [5.41, 5.74) is -0.0185. The Kier molecular flexibility index (Phi) is 3.11. The quantitative estimate of drug-likeness (QED) is 0.752. The largest absolute Gasteiger partial charge is 0.449 e. The lowest BCUT2D eigenvalue weighted by Crippen LogP contribution is -2.15. The van der Waals surface area contributed by atoms with Crippen LogP contribution in [0.5, 0.6) is 0 Å². The number of rotatable bonds is 2. The summed E-state index contributed by atoms with van der Waals surface area (Å²) < 4.78 is 10.0. The number of fused-ring (bicyclic) bond motifs is 1. The Labute approximate surface area is 102 Å². The molecule has 5 nitrogen and oxygen atoms in total. The normalized spacial score (nSPS) is 11.8. The number of carbonyl (C=O) groups excluding carboxylic acids is 1. The van der Waals surface area contributed by atoms with Gasteiger partial charge >= 0.3 is 5.97 Å². The summed E-state index contributed by atoms with van der Waals surface area (Å²) >= 11 is 0. The van der Waals surface area contributed by atoms with E-state index >= 15 is 0 Å². The first kappa shape index (κ1) is 11.9. The molecule has 1 heterocycles. The first-order valence-electron chi connectivity index (χ1n) is 5.25. The van der Waals surface area contributed by atoms with Crippen LogP contribution in [0, 0.1) is 11.3 Å². The smallest absolute Gasteiger partial charge is 0.375 e. The average molecular weight is 243 g/mol. The number of benzene rings is 1. The maximum absolute atomic E-state index is 11.7. The number of ether oxygens (including phenoxy) is 1.